The first-order valence-corrected chi connectivity index (χ1v) is 9.16. The van der Waals surface area contributed by atoms with E-state index in [4.69, 9.17) is 15.7 Å². The van der Waals surface area contributed by atoms with Gasteiger partial charge in [-0.1, -0.05) is 20.3 Å². The summed E-state index contributed by atoms with van der Waals surface area (Å²) >= 11 is 0. The lowest BCUT2D eigenvalue weighted by molar-refractivity contribution is -0.191. The van der Waals surface area contributed by atoms with E-state index in [2.05, 4.69) is 0 Å². The smallest absolute Gasteiger partial charge is 0.331 e. The van der Waals surface area contributed by atoms with Crippen molar-refractivity contribution in [3.63, 3.8) is 0 Å². The van der Waals surface area contributed by atoms with Crippen LogP contribution in [-0.4, -0.2) is 89.8 Å². The summed E-state index contributed by atoms with van der Waals surface area (Å²) in [6, 6.07) is 0.548. The van der Waals surface area contributed by atoms with Crippen LogP contribution < -0.4 is 5.73 Å². The molecule has 150 valence electrons. The van der Waals surface area contributed by atoms with E-state index in [-0.39, 0.29) is 37.4 Å². The van der Waals surface area contributed by atoms with Gasteiger partial charge in [0.2, 0.25) is 11.8 Å². The van der Waals surface area contributed by atoms with Gasteiger partial charge in [0.25, 0.3) is 0 Å². The summed E-state index contributed by atoms with van der Waals surface area (Å²) in [5.74, 6) is -0.474. The highest BCUT2D eigenvalue weighted by atomic mass is 16.5. The van der Waals surface area contributed by atoms with Crippen LogP contribution in [0.15, 0.2) is 0 Å². The SMILES string of the molecule is CCC(C)[C@H]1C(=O)N(CCCOC)CC2N1C(=O)CN(CC#N)N2C(N)=O. The summed E-state index contributed by atoms with van der Waals surface area (Å²) in [5, 5.41) is 11.6. The first kappa shape index (κ1) is 20.9. The van der Waals surface area contributed by atoms with E-state index in [1.807, 2.05) is 19.9 Å². The van der Waals surface area contributed by atoms with E-state index in [0.717, 1.165) is 0 Å². The molecule has 4 amide bonds. The minimum Gasteiger partial charge on any atom is -0.385 e. The van der Waals surface area contributed by atoms with Crippen molar-refractivity contribution in [2.45, 2.75) is 38.9 Å². The highest BCUT2D eigenvalue weighted by Crippen LogP contribution is 2.30. The molecule has 0 spiro atoms. The molecule has 2 aliphatic rings. The first-order chi connectivity index (χ1) is 12.9. The van der Waals surface area contributed by atoms with Crippen LogP contribution in [0.4, 0.5) is 4.79 Å². The number of amides is 4. The Balaban J connectivity index is 2.39. The lowest BCUT2D eigenvalue weighted by atomic mass is 9.92. The predicted octanol–water partition coefficient (Wildman–Crippen LogP) is -0.431. The fraction of sp³-hybridized carbons (Fsp3) is 0.765. The number of hydrogen-bond acceptors (Lipinski definition) is 6. The first-order valence-electron chi connectivity index (χ1n) is 9.16. The number of fused-ring (bicyclic) bond motifs is 1. The van der Waals surface area contributed by atoms with Crippen LogP contribution in [0.2, 0.25) is 0 Å². The number of carbonyl (C=O) groups excluding carboxylic acids is 3. The van der Waals surface area contributed by atoms with E-state index in [0.29, 0.717) is 26.0 Å². The molecule has 0 aromatic heterocycles. The van der Waals surface area contributed by atoms with E-state index in [1.54, 1.807) is 12.0 Å². The third-order valence-corrected chi connectivity index (χ3v) is 5.20. The second-order valence-electron chi connectivity index (χ2n) is 6.91. The number of nitrogens with two attached hydrogens (primary N) is 1. The van der Waals surface area contributed by atoms with Gasteiger partial charge in [0.15, 0.2) is 0 Å². The molecule has 2 N–H and O–H groups in total. The van der Waals surface area contributed by atoms with Crippen LogP contribution in [-0.2, 0) is 14.3 Å². The monoisotopic (exact) mass is 380 g/mol. The van der Waals surface area contributed by atoms with Crippen LogP contribution in [0, 0.1) is 17.2 Å². The molecule has 2 saturated heterocycles. The largest absolute Gasteiger partial charge is 0.385 e. The molecule has 2 heterocycles. The third kappa shape index (κ3) is 4.14. The standard InChI is InChI=1S/C17H28N6O4/c1-4-12(2)15-16(25)20(7-5-9-27-3)10-13-22(15)14(24)11-21(8-6-18)23(13)17(19)26/h12-13,15H,4-5,7-11H2,1-3H3,(H2,19,26)/t12?,13?,15-/m0/s1. The van der Waals surface area contributed by atoms with E-state index in [9.17, 15) is 14.4 Å². The summed E-state index contributed by atoms with van der Waals surface area (Å²) < 4.78 is 5.06. The van der Waals surface area contributed by atoms with Crippen LogP contribution in [0.1, 0.15) is 26.7 Å². The number of ether oxygens (including phenoxy) is 1. The van der Waals surface area contributed by atoms with Crippen molar-refractivity contribution in [3.05, 3.63) is 0 Å². The molecule has 2 unspecified atom stereocenters. The Kier molecular flexibility index (Phi) is 6.98. The van der Waals surface area contributed by atoms with Gasteiger partial charge in [-0.05, 0) is 12.3 Å². The Morgan fingerprint density at radius 3 is 2.70 bits per heavy atom. The van der Waals surface area contributed by atoms with Gasteiger partial charge in [-0.2, -0.15) is 10.3 Å². The number of rotatable bonds is 7. The van der Waals surface area contributed by atoms with Gasteiger partial charge in [-0.15, -0.1) is 0 Å². The van der Waals surface area contributed by atoms with Crippen molar-refractivity contribution in [1.82, 2.24) is 19.8 Å². The highest BCUT2D eigenvalue weighted by Gasteiger charge is 2.52. The number of methoxy groups -OCH3 is 1. The number of primary amides is 1. The minimum atomic E-state index is -0.748. The van der Waals surface area contributed by atoms with Gasteiger partial charge >= 0.3 is 6.03 Å². The maximum atomic E-state index is 13.1. The number of urea groups is 1. The third-order valence-electron chi connectivity index (χ3n) is 5.20. The molecule has 0 aromatic rings. The molecule has 10 nitrogen and oxygen atoms in total. The zero-order chi connectivity index (χ0) is 20.1. The normalized spacial score (nSPS) is 24.6. The summed E-state index contributed by atoms with van der Waals surface area (Å²) in [6.45, 7) is 4.71. The number of carbonyl (C=O) groups is 3. The van der Waals surface area contributed by atoms with Crippen LogP contribution >= 0.6 is 0 Å². The number of nitriles is 1. The van der Waals surface area contributed by atoms with Crippen molar-refractivity contribution in [2.24, 2.45) is 11.7 Å². The molecule has 10 heteroatoms. The molecular formula is C17H28N6O4. The molecular weight excluding hydrogens is 352 g/mol. The molecule has 27 heavy (non-hydrogen) atoms. The van der Waals surface area contributed by atoms with Gasteiger partial charge in [0, 0.05) is 20.3 Å². The van der Waals surface area contributed by atoms with Gasteiger partial charge < -0.3 is 20.3 Å². The molecule has 2 fully saturated rings. The number of piperazine rings is 1. The molecule has 0 aliphatic carbocycles. The molecule has 3 atom stereocenters. The summed E-state index contributed by atoms with van der Waals surface area (Å²) in [5.41, 5.74) is 5.57. The predicted molar refractivity (Wildman–Crippen MR) is 95.6 cm³/mol. The van der Waals surface area contributed by atoms with Crippen molar-refractivity contribution >= 4 is 17.8 Å². The quantitative estimate of drug-likeness (QED) is 0.472. The van der Waals surface area contributed by atoms with Crippen molar-refractivity contribution in [2.75, 3.05) is 39.9 Å². The van der Waals surface area contributed by atoms with E-state index >= 15 is 0 Å². The Labute approximate surface area is 159 Å². The fourth-order valence-electron chi connectivity index (χ4n) is 3.73. The zero-order valence-electron chi connectivity index (χ0n) is 16.1. The molecule has 0 radical (unpaired) electrons. The molecule has 0 bridgehead atoms. The Morgan fingerprint density at radius 1 is 1.44 bits per heavy atom. The van der Waals surface area contributed by atoms with Gasteiger partial charge in [0.1, 0.15) is 18.8 Å². The van der Waals surface area contributed by atoms with E-state index < -0.39 is 18.2 Å². The summed E-state index contributed by atoms with van der Waals surface area (Å²) in [7, 11) is 1.59. The van der Waals surface area contributed by atoms with Crippen molar-refractivity contribution in [3.8, 4) is 6.07 Å². The van der Waals surface area contributed by atoms with Gasteiger partial charge in [-0.3, -0.25) is 9.59 Å². The zero-order valence-corrected chi connectivity index (χ0v) is 16.1. The molecule has 2 aliphatic heterocycles. The van der Waals surface area contributed by atoms with Crippen molar-refractivity contribution < 1.29 is 19.1 Å². The minimum absolute atomic E-state index is 0.0774. The topological polar surface area (TPSA) is 123 Å². The van der Waals surface area contributed by atoms with Crippen molar-refractivity contribution in [1.29, 1.82) is 5.26 Å². The van der Waals surface area contributed by atoms with E-state index in [1.165, 1.54) is 14.9 Å². The van der Waals surface area contributed by atoms with Gasteiger partial charge in [0.05, 0.1) is 19.2 Å². The maximum Gasteiger partial charge on any atom is 0.331 e. The molecule has 0 saturated carbocycles. The van der Waals surface area contributed by atoms with Gasteiger partial charge in [-0.25, -0.2) is 9.80 Å². The maximum absolute atomic E-state index is 13.1. The molecule has 0 aromatic carbocycles. The average Bonchev–Trinajstić information content (AvgIpc) is 2.62. The van der Waals surface area contributed by atoms with Crippen LogP contribution in [0.3, 0.4) is 0 Å². The summed E-state index contributed by atoms with van der Waals surface area (Å²) in [6.07, 6.45) is 0.641. The highest BCUT2D eigenvalue weighted by molar-refractivity contribution is 5.91. The Hall–Kier alpha value is -2.38. The summed E-state index contributed by atoms with van der Waals surface area (Å²) in [4.78, 5) is 41.2. The molecule has 2 rings (SSSR count). The van der Waals surface area contributed by atoms with Crippen LogP contribution in [0.5, 0.6) is 0 Å². The number of nitrogens with zero attached hydrogens (tertiary/aromatic N) is 5. The Morgan fingerprint density at radius 2 is 2.15 bits per heavy atom. The lowest BCUT2D eigenvalue weighted by Crippen LogP contribution is -2.77. The second-order valence-corrected chi connectivity index (χ2v) is 6.91. The number of hydrogen-bond donors (Lipinski definition) is 1. The number of hydrazine groups is 1. The average molecular weight is 380 g/mol. The van der Waals surface area contributed by atoms with Crippen LogP contribution in [0.25, 0.3) is 0 Å². The second kappa shape index (κ2) is 9.01. The lowest BCUT2D eigenvalue weighted by Gasteiger charge is -2.55. The fourth-order valence-corrected chi connectivity index (χ4v) is 3.73. The Bertz CT molecular complexity index is 621.